The van der Waals surface area contributed by atoms with E-state index in [0.29, 0.717) is 16.9 Å². The number of rotatable bonds is 3. The number of hydrogen-bond acceptors (Lipinski definition) is 4. The van der Waals surface area contributed by atoms with Crippen LogP contribution in [0, 0.1) is 11.3 Å². The largest absolute Gasteiger partial charge is 0.478 e. The van der Waals surface area contributed by atoms with Crippen LogP contribution < -0.4 is 10.6 Å². The number of nitrogens with two attached hydrogens (primary N) is 1. The zero-order valence-electron chi connectivity index (χ0n) is 10.9. The molecule has 0 fully saturated rings. The minimum atomic E-state index is -1.08. The fourth-order valence-electron chi connectivity index (χ4n) is 1.94. The lowest BCUT2D eigenvalue weighted by Gasteiger charge is -2.21. The molecule has 0 aromatic heterocycles. The number of carbonyl (C=O) groups is 1. The number of benzene rings is 2. The Bertz CT molecular complexity index is 705. The monoisotopic (exact) mass is 267 g/mol. The second kappa shape index (κ2) is 5.33. The Morgan fingerprint density at radius 2 is 2.00 bits per heavy atom. The quantitative estimate of drug-likeness (QED) is 0.834. The summed E-state index contributed by atoms with van der Waals surface area (Å²) >= 11 is 0. The average molecular weight is 267 g/mol. The van der Waals surface area contributed by atoms with Crippen LogP contribution in [-0.4, -0.2) is 18.1 Å². The first-order valence-corrected chi connectivity index (χ1v) is 5.90. The van der Waals surface area contributed by atoms with Crippen LogP contribution in [0.4, 0.5) is 17.1 Å². The van der Waals surface area contributed by atoms with Crippen LogP contribution in [0.1, 0.15) is 15.9 Å². The number of para-hydroxylation sites is 1. The van der Waals surface area contributed by atoms with Crippen molar-refractivity contribution in [3.8, 4) is 6.07 Å². The lowest BCUT2D eigenvalue weighted by atomic mass is 10.1. The van der Waals surface area contributed by atoms with Crippen molar-refractivity contribution in [3.05, 3.63) is 53.6 Å². The molecule has 0 heterocycles. The van der Waals surface area contributed by atoms with Gasteiger partial charge in [-0.05, 0) is 30.3 Å². The van der Waals surface area contributed by atoms with Gasteiger partial charge in [0.15, 0.2) is 0 Å². The van der Waals surface area contributed by atoms with E-state index in [0.717, 1.165) is 0 Å². The van der Waals surface area contributed by atoms with Crippen molar-refractivity contribution in [1.82, 2.24) is 0 Å². The zero-order chi connectivity index (χ0) is 14.7. The molecule has 0 spiro atoms. The summed E-state index contributed by atoms with van der Waals surface area (Å²) in [5.74, 6) is -1.08. The SMILES string of the molecule is CN(c1ccc(N)c(C(=O)O)c1)c1ccccc1C#N. The molecular weight excluding hydrogens is 254 g/mol. The van der Waals surface area contributed by atoms with Gasteiger partial charge in [-0.25, -0.2) is 4.79 Å². The summed E-state index contributed by atoms with van der Waals surface area (Å²) in [5, 5.41) is 18.2. The van der Waals surface area contributed by atoms with E-state index in [1.807, 2.05) is 6.07 Å². The maximum atomic E-state index is 11.1. The first-order valence-electron chi connectivity index (χ1n) is 5.90. The van der Waals surface area contributed by atoms with Crippen molar-refractivity contribution in [1.29, 1.82) is 5.26 Å². The molecule has 2 rings (SSSR count). The molecule has 2 aromatic carbocycles. The second-order valence-electron chi connectivity index (χ2n) is 4.26. The predicted molar refractivity (Wildman–Crippen MR) is 77.0 cm³/mol. The molecule has 5 heteroatoms. The van der Waals surface area contributed by atoms with Gasteiger partial charge < -0.3 is 15.7 Å². The molecule has 0 saturated heterocycles. The summed E-state index contributed by atoms with van der Waals surface area (Å²) in [4.78, 5) is 12.9. The summed E-state index contributed by atoms with van der Waals surface area (Å²) in [6.07, 6.45) is 0. The van der Waals surface area contributed by atoms with Crippen LogP contribution in [0.5, 0.6) is 0 Å². The van der Waals surface area contributed by atoms with Gasteiger partial charge in [-0.1, -0.05) is 12.1 Å². The lowest BCUT2D eigenvalue weighted by Crippen LogP contribution is -2.12. The predicted octanol–water partition coefficient (Wildman–Crippen LogP) is 2.61. The van der Waals surface area contributed by atoms with Crippen molar-refractivity contribution in [2.24, 2.45) is 0 Å². The van der Waals surface area contributed by atoms with Crippen molar-refractivity contribution in [3.63, 3.8) is 0 Å². The fraction of sp³-hybridized carbons (Fsp3) is 0.0667. The number of nitriles is 1. The van der Waals surface area contributed by atoms with Gasteiger partial charge in [0.2, 0.25) is 0 Å². The Balaban J connectivity index is 2.49. The van der Waals surface area contributed by atoms with E-state index >= 15 is 0 Å². The number of carboxylic acids is 1. The van der Waals surface area contributed by atoms with Crippen LogP contribution in [0.15, 0.2) is 42.5 Å². The zero-order valence-corrected chi connectivity index (χ0v) is 10.9. The first-order chi connectivity index (χ1) is 9.54. The van der Waals surface area contributed by atoms with Crippen molar-refractivity contribution in [2.45, 2.75) is 0 Å². The highest BCUT2D eigenvalue weighted by Gasteiger charge is 2.13. The third-order valence-corrected chi connectivity index (χ3v) is 3.04. The number of hydrogen-bond donors (Lipinski definition) is 2. The summed E-state index contributed by atoms with van der Waals surface area (Å²) < 4.78 is 0. The van der Waals surface area contributed by atoms with Gasteiger partial charge in [0.05, 0.1) is 16.8 Å². The van der Waals surface area contributed by atoms with Crippen LogP contribution in [0.25, 0.3) is 0 Å². The number of aromatic carboxylic acids is 1. The summed E-state index contributed by atoms with van der Waals surface area (Å²) in [6.45, 7) is 0. The number of carboxylic acid groups (broad SMARTS) is 1. The maximum Gasteiger partial charge on any atom is 0.337 e. The molecule has 0 saturated carbocycles. The lowest BCUT2D eigenvalue weighted by molar-refractivity contribution is 0.0698. The Kier molecular flexibility index (Phi) is 3.58. The number of anilines is 3. The Hall–Kier alpha value is -3.00. The van der Waals surface area contributed by atoms with Gasteiger partial charge in [-0.15, -0.1) is 0 Å². The molecule has 20 heavy (non-hydrogen) atoms. The summed E-state index contributed by atoms with van der Waals surface area (Å²) in [6, 6.07) is 14.0. The third-order valence-electron chi connectivity index (χ3n) is 3.04. The van der Waals surface area contributed by atoms with E-state index in [1.54, 1.807) is 42.3 Å². The van der Waals surface area contributed by atoms with Gasteiger partial charge in [-0.3, -0.25) is 0 Å². The Labute approximate surface area is 116 Å². The van der Waals surface area contributed by atoms with E-state index < -0.39 is 5.97 Å². The minimum absolute atomic E-state index is 0.0452. The topological polar surface area (TPSA) is 90.3 Å². The highest BCUT2D eigenvalue weighted by Crippen LogP contribution is 2.28. The summed E-state index contributed by atoms with van der Waals surface area (Å²) in [7, 11) is 1.77. The molecule has 0 aliphatic heterocycles. The highest BCUT2D eigenvalue weighted by molar-refractivity contribution is 5.95. The molecule has 5 nitrogen and oxygen atoms in total. The van der Waals surface area contributed by atoms with Crippen molar-refractivity contribution < 1.29 is 9.90 Å². The van der Waals surface area contributed by atoms with E-state index in [1.165, 1.54) is 6.07 Å². The van der Waals surface area contributed by atoms with E-state index in [4.69, 9.17) is 16.1 Å². The van der Waals surface area contributed by atoms with Gasteiger partial charge in [-0.2, -0.15) is 5.26 Å². The van der Waals surface area contributed by atoms with Gasteiger partial charge in [0.25, 0.3) is 0 Å². The normalized spacial score (nSPS) is 9.80. The fourth-order valence-corrected chi connectivity index (χ4v) is 1.94. The molecule has 0 atom stereocenters. The second-order valence-corrected chi connectivity index (χ2v) is 4.26. The van der Waals surface area contributed by atoms with Crippen molar-refractivity contribution in [2.75, 3.05) is 17.7 Å². The average Bonchev–Trinajstić information content (AvgIpc) is 2.46. The molecule has 2 aromatic rings. The smallest absolute Gasteiger partial charge is 0.337 e. The van der Waals surface area contributed by atoms with Gasteiger partial charge in [0.1, 0.15) is 6.07 Å². The number of nitrogens with zero attached hydrogens (tertiary/aromatic N) is 2. The summed E-state index contributed by atoms with van der Waals surface area (Å²) in [5.41, 5.74) is 7.76. The standard InChI is InChI=1S/C15H13N3O2/c1-18(14-5-3-2-4-10(14)9-16)11-6-7-13(17)12(8-11)15(19)20/h2-8H,17H2,1H3,(H,19,20). The molecular formula is C15H13N3O2. The molecule has 100 valence electrons. The molecule has 3 N–H and O–H groups in total. The third kappa shape index (κ3) is 2.40. The Morgan fingerprint density at radius 1 is 1.30 bits per heavy atom. The van der Waals surface area contributed by atoms with Crippen LogP contribution in [0.2, 0.25) is 0 Å². The van der Waals surface area contributed by atoms with Gasteiger partial charge in [0, 0.05) is 18.4 Å². The molecule has 0 bridgehead atoms. The van der Waals surface area contributed by atoms with E-state index in [-0.39, 0.29) is 11.3 Å². The highest BCUT2D eigenvalue weighted by atomic mass is 16.4. The van der Waals surface area contributed by atoms with Crippen molar-refractivity contribution >= 4 is 23.0 Å². The molecule has 0 aliphatic carbocycles. The van der Waals surface area contributed by atoms with E-state index in [2.05, 4.69) is 6.07 Å². The molecule has 0 unspecified atom stereocenters. The van der Waals surface area contributed by atoms with Crippen LogP contribution in [-0.2, 0) is 0 Å². The maximum absolute atomic E-state index is 11.1. The van der Waals surface area contributed by atoms with Gasteiger partial charge >= 0.3 is 5.97 Å². The van der Waals surface area contributed by atoms with Crippen LogP contribution >= 0.6 is 0 Å². The molecule has 0 radical (unpaired) electrons. The van der Waals surface area contributed by atoms with E-state index in [9.17, 15) is 4.79 Å². The molecule has 0 amide bonds. The first kappa shape index (κ1) is 13.4. The number of nitrogen functional groups attached to an aromatic ring is 1. The Morgan fingerprint density at radius 3 is 2.65 bits per heavy atom. The molecule has 0 aliphatic rings. The van der Waals surface area contributed by atoms with Crippen LogP contribution in [0.3, 0.4) is 0 Å². The minimum Gasteiger partial charge on any atom is -0.478 e.